The van der Waals surface area contributed by atoms with Crippen molar-refractivity contribution in [2.24, 2.45) is 17.6 Å². The van der Waals surface area contributed by atoms with Crippen LogP contribution in [0.3, 0.4) is 0 Å². The number of anilines is 1. The monoisotopic (exact) mass is 542 g/mol. The molecule has 11 nitrogen and oxygen atoms in total. The number of nitrogens with one attached hydrogen (secondary N) is 1. The molecule has 1 amide bonds. The van der Waals surface area contributed by atoms with E-state index in [4.69, 9.17) is 5.73 Å². The van der Waals surface area contributed by atoms with Gasteiger partial charge in [-0.1, -0.05) is 0 Å². The summed E-state index contributed by atoms with van der Waals surface area (Å²) in [6.45, 7) is 6.22. The number of carbonyl (C=O) groups is 3. The van der Waals surface area contributed by atoms with Crippen molar-refractivity contribution in [1.82, 2.24) is 10.2 Å². The van der Waals surface area contributed by atoms with Crippen molar-refractivity contribution in [3.63, 3.8) is 0 Å². The third-order valence-corrected chi connectivity index (χ3v) is 8.07. The molecule has 1 fully saturated rings. The van der Waals surface area contributed by atoms with Crippen LogP contribution in [0.4, 0.5) is 5.69 Å². The summed E-state index contributed by atoms with van der Waals surface area (Å²) in [5.41, 5.74) is 3.44. The van der Waals surface area contributed by atoms with E-state index in [9.17, 15) is 34.8 Å². The van der Waals surface area contributed by atoms with Gasteiger partial charge in [-0.15, -0.1) is 0 Å². The first-order valence-electron chi connectivity index (χ1n) is 12.9. The highest BCUT2D eigenvalue weighted by molar-refractivity contribution is 6.24. The van der Waals surface area contributed by atoms with Crippen LogP contribution in [0.15, 0.2) is 23.0 Å². The Kier molecular flexibility index (Phi) is 6.86. The minimum absolute atomic E-state index is 0.0483. The molecule has 0 bridgehead atoms. The Hall–Kier alpha value is -3.41. The Morgan fingerprint density at radius 1 is 1.15 bits per heavy atom. The van der Waals surface area contributed by atoms with Crippen molar-refractivity contribution in [2.45, 2.75) is 57.3 Å². The number of benzene rings is 1. The van der Waals surface area contributed by atoms with Crippen molar-refractivity contribution < 1.29 is 34.8 Å². The maximum Gasteiger partial charge on any atom is 0.255 e. The smallest absolute Gasteiger partial charge is 0.255 e. The lowest BCUT2D eigenvalue weighted by Crippen LogP contribution is -2.65. The molecule has 39 heavy (non-hydrogen) atoms. The van der Waals surface area contributed by atoms with Crippen molar-refractivity contribution >= 4 is 28.9 Å². The number of nitrogens with two attached hydrogens (primary N) is 1. The molecule has 1 saturated carbocycles. The van der Waals surface area contributed by atoms with E-state index in [0.29, 0.717) is 11.1 Å². The number of aromatic hydroxyl groups is 1. The van der Waals surface area contributed by atoms with Gasteiger partial charge in [-0.05, 0) is 65.3 Å². The van der Waals surface area contributed by atoms with Crippen LogP contribution in [-0.4, -0.2) is 88.2 Å². The molecule has 0 spiro atoms. The number of nitrogens with zero attached hydrogens (tertiary/aromatic N) is 2. The number of Topliss-reactive ketones (excluding diaryl/α,β-unsaturated/α-hetero) is 2. The summed E-state index contributed by atoms with van der Waals surface area (Å²) in [7, 11) is 6.82. The largest absolute Gasteiger partial charge is 0.508 e. The van der Waals surface area contributed by atoms with Crippen molar-refractivity contribution in [3.05, 3.63) is 39.7 Å². The molecule has 0 radical (unpaired) electrons. The first-order chi connectivity index (χ1) is 17.9. The van der Waals surface area contributed by atoms with E-state index < -0.39 is 58.0 Å². The molecule has 1 unspecified atom stereocenters. The third-order valence-electron chi connectivity index (χ3n) is 8.07. The number of ketones is 2. The van der Waals surface area contributed by atoms with E-state index in [1.165, 1.54) is 4.90 Å². The third kappa shape index (κ3) is 4.29. The molecular formula is C28H38N4O7. The van der Waals surface area contributed by atoms with Gasteiger partial charge in [0, 0.05) is 48.9 Å². The summed E-state index contributed by atoms with van der Waals surface area (Å²) in [4.78, 5) is 42.7. The SMILES string of the molecule is CN(C)c1cc(CNC(C)(C)C)c(O)c2c1C[C@@H]1C[C@@H]3C(N(C)C)C(=O)C(C(N)=O)=C(O)[C@]3(O)C(=O)C1=C2O. The maximum absolute atomic E-state index is 14.0. The number of amides is 1. The minimum Gasteiger partial charge on any atom is -0.508 e. The van der Waals surface area contributed by atoms with Gasteiger partial charge in [0.1, 0.15) is 22.8 Å². The number of carbonyl (C=O) groups excluding carboxylic acids is 3. The Labute approximate surface area is 227 Å². The fourth-order valence-electron chi connectivity index (χ4n) is 6.24. The standard InChI is InChI=1S/C28H38N4O7/c1-27(2,3)30-11-13-10-16(31(4)5)14-8-12-9-15-20(32(6)7)23(35)19(26(29)38)25(37)28(15,39)24(36)17(12)22(34)18(14)21(13)33/h10,12,15,20,30,33-34,37,39H,8-9,11H2,1-7H3,(H2,29,38)/t12-,15-,20?,28-/m1/s1. The highest BCUT2D eigenvalue weighted by Crippen LogP contribution is 2.54. The van der Waals surface area contributed by atoms with Gasteiger partial charge in [0.25, 0.3) is 5.91 Å². The molecule has 1 aromatic carbocycles. The fraction of sp³-hybridized carbons (Fsp3) is 0.536. The van der Waals surface area contributed by atoms with E-state index in [1.54, 1.807) is 14.1 Å². The summed E-state index contributed by atoms with van der Waals surface area (Å²) in [5, 5.41) is 48.9. The van der Waals surface area contributed by atoms with Gasteiger partial charge in [-0.2, -0.15) is 0 Å². The number of rotatable bonds is 5. The topological polar surface area (TPSA) is 177 Å². The highest BCUT2D eigenvalue weighted by atomic mass is 16.3. The number of likely N-dealkylation sites (N-methyl/N-ethyl adjacent to an activating group) is 1. The molecule has 7 N–H and O–H groups in total. The average molecular weight is 543 g/mol. The van der Waals surface area contributed by atoms with Gasteiger partial charge < -0.3 is 36.4 Å². The van der Waals surface area contributed by atoms with E-state index in [0.717, 1.165) is 5.69 Å². The molecule has 0 saturated heterocycles. The molecule has 0 aliphatic heterocycles. The normalized spacial score (nSPS) is 26.9. The lowest BCUT2D eigenvalue weighted by molar-refractivity contribution is -0.153. The number of aliphatic hydroxyl groups excluding tert-OH is 2. The van der Waals surface area contributed by atoms with Gasteiger partial charge in [0.2, 0.25) is 5.78 Å². The quantitative estimate of drug-likeness (QED) is 0.293. The lowest BCUT2D eigenvalue weighted by Gasteiger charge is -2.50. The van der Waals surface area contributed by atoms with Crippen molar-refractivity contribution in [1.29, 1.82) is 0 Å². The number of hydrogen-bond acceptors (Lipinski definition) is 10. The second kappa shape index (κ2) is 9.35. The Balaban J connectivity index is 1.96. The summed E-state index contributed by atoms with van der Waals surface area (Å²) >= 11 is 0. The first-order valence-corrected chi connectivity index (χ1v) is 12.9. The minimum atomic E-state index is -2.66. The second-order valence-corrected chi connectivity index (χ2v) is 12.2. The molecule has 11 heteroatoms. The summed E-state index contributed by atoms with van der Waals surface area (Å²) < 4.78 is 0. The van der Waals surface area contributed by atoms with Crippen molar-refractivity contribution in [3.8, 4) is 5.75 Å². The predicted molar refractivity (Wildman–Crippen MR) is 145 cm³/mol. The zero-order chi connectivity index (χ0) is 29.4. The summed E-state index contributed by atoms with van der Waals surface area (Å²) in [6.07, 6.45) is 0.287. The molecule has 3 aliphatic rings. The Morgan fingerprint density at radius 3 is 2.28 bits per heavy atom. The molecule has 4 rings (SSSR count). The number of primary amides is 1. The molecule has 212 valence electrons. The van der Waals surface area contributed by atoms with Gasteiger partial charge >= 0.3 is 0 Å². The van der Waals surface area contributed by atoms with Gasteiger partial charge in [-0.3, -0.25) is 19.3 Å². The summed E-state index contributed by atoms with van der Waals surface area (Å²) in [6, 6.07) is 0.724. The molecule has 4 atom stereocenters. The van der Waals surface area contributed by atoms with Crippen molar-refractivity contribution in [2.75, 3.05) is 33.1 Å². The average Bonchev–Trinajstić information content (AvgIpc) is 2.79. The van der Waals surface area contributed by atoms with Gasteiger partial charge in [0.05, 0.1) is 11.6 Å². The van der Waals surface area contributed by atoms with Crippen LogP contribution < -0.4 is 16.0 Å². The molecule has 1 aromatic rings. The summed E-state index contributed by atoms with van der Waals surface area (Å²) in [5.74, 6) is -6.57. The van der Waals surface area contributed by atoms with Crippen LogP contribution in [0, 0.1) is 11.8 Å². The van der Waals surface area contributed by atoms with E-state index in [-0.39, 0.29) is 41.8 Å². The molecule has 0 heterocycles. The van der Waals surface area contributed by atoms with Gasteiger partial charge in [0.15, 0.2) is 11.4 Å². The van der Waals surface area contributed by atoms with E-state index in [2.05, 4.69) is 5.32 Å². The second-order valence-electron chi connectivity index (χ2n) is 12.2. The van der Waals surface area contributed by atoms with Crippen LogP contribution >= 0.6 is 0 Å². The van der Waals surface area contributed by atoms with Crippen LogP contribution in [-0.2, 0) is 27.3 Å². The Morgan fingerprint density at radius 2 is 1.77 bits per heavy atom. The lowest BCUT2D eigenvalue weighted by atomic mass is 9.57. The number of phenols is 1. The van der Waals surface area contributed by atoms with Crippen LogP contribution in [0.5, 0.6) is 5.75 Å². The zero-order valence-corrected chi connectivity index (χ0v) is 23.4. The van der Waals surface area contributed by atoms with Crippen LogP contribution in [0.1, 0.15) is 43.9 Å². The highest BCUT2D eigenvalue weighted by Gasteiger charge is 2.64. The predicted octanol–water partition coefficient (Wildman–Crippen LogP) is 0.918. The fourth-order valence-corrected chi connectivity index (χ4v) is 6.24. The molecule has 3 aliphatic carbocycles. The van der Waals surface area contributed by atoms with E-state index in [1.807, 2.05) is 45.8 Å². The molecular weight excluding hydrogens is 504 g/mol. The number of hydrogen-bond donors (Lipinski definition) is 6. The maximum atomic E-state index is 14.0. The van der Waals surface area contributed by atoms with Crippen LogP contribution in [0.2, 0.25) is 0 Å². The van der Waals surface area contributed by atoms with Crippen LogP contribution in [0.25, 0.3) is 5.76 Å². The molecule has 0 aromatic heterocycles. The number of fused-ring (bicyclic) bond motifs is 3. The van der Waals surface area contributed by atoms with Gasteiger partial charge in [-0.25, -0.2) is 0 Å². The van der Waals surface area contributed by atoms with E-state index >= 15 is 0 Å². The first kappa shape index (κ1) is 28.6. The zero-order valence-electron chi connectivity index (χ0n) is 23.4. The number of phenolic OH excluding ortho intramolecular Hbond substituents is 1. The Bertz CT molecular complexity index is 1340. The number of aliphatic hydroxyl groups is 3.